The lowest BCUT2D eigenvalue weighted by atomic mass is 10.2. The van der Waals surface area contributed by atoms with Crippen molar-refractivity contribution in [3.05, 3.63) is 24.0 Å². The smallest absolute Gasteiger partial charge is 0.253 e. The Morgan fingerprint density at radius 1 is 1.59 bits per heavy atom. The zero-order valence-electron chi connectivity index (χ0n) is 10.00. The van der Waals surface area contributed by atoms with E-state index >= 15 is 0 Å². The number of nitrogen functional groups attached to an aromatic ring is 1. The molecule has 1 atom stereocenters. The first kappa shape index (κ1) is 13.4. The molecule has 0 bridgehead atoms. The summed E-state index contributed by atoms with van der Waals surface area (Å²) in [5.41, 5.74) is 6.16. The summed E-state index contributed by atoms with van der Waals surface area (Å²) in [5.74, 6) is -0.729. The van der Waals surface area contributed by atoms with Crippen LogP contribution in [0.2, 0.25) is 0 Å². The second-order valence-corrected chi connectivity index (χ2v) is 3.73. The fraction of sp³-hybridized carbons (Fsp3) is 0.417. The first-order valence-electron chi connectivity index (χ1n) is 5.52. The molecule has 1 unspecified atom stereocenters. The highest BCUT2D eigenvalue weighted by atomic mass is 19.1. The Morgan fingerprint density at radius 3 is 2.88 bits per heavy atom. The zero-order chi connectivity index (χ0) is 12.8. The number of nitrogens with one attached hydrogen (secondary N) is 1. The molecule has 1 amide bonds. The van der Waals surface area contributed by atoms with Gasteiger partial charge < -0.3 is 15.8 Å². The van der Waals surface area contributed by atoms with Gasteiger partial charge in [-0.3, -0.25) is 4.79 Å². The Labute approximate surface area is 100.0 Å². The molecule has 0 heterocycles. The molecule has 1 aromatic carbocycles. The number of ether oxygens (including phenoxy) is 1. The second-order valence-electron chi connectivity index (χ2n) is 3.73. The quantitative estimate of drug-likeness (QED) is 0.775. The standard InChI is InChI=1S/C12H17FN2O2/c1-3-6-17-8(2)12(16)15-11-5-4-9(13)7-10(11)14/h4-5,7-8H,3,6,14H2,1-2H3,(H,15,16). The summed E-state index contributed by atoms with van der Waals surface area (Å²) in [4.78, 5) is 11.7. The normalized spacial score (nSPS) is 12.2. The van der Waals surface area contributed by atoms with Crippen LogP contribution in [-0.4, -0.2) is 18.6 Å². The third-order valence-electron chi connectivity index (χ3n) is 2.21. The number of benzene rings is 1. The molecule has 0 aliphatic rings. The summed E-state index contributed by atoms with van der Waals surface area (Å²) < 4.78 is 18.1. The fourth-order valence-electron chi connectivity index (χ4n) is 1.25. The van der Waals surface area contributed by atoms with E-state index in [-0.39, 0.29) is 11.6 Å². The maximum atomic E-state index is 12.8. The minimum absolute atomic E-state index is 0.195. The highest BCUT2D eigenvalue weighted by Gasteiger charge is 2.14. The predicted octanol–water partition coefficient (Wildman–Crippen LogP) is 2.16. The van der Waals surface area contributed by atoms with Gasteiger partial charge >= 0.3 is 0 Å². The molecule has 0 aliphatic carbocycles. The van der Waals surface area contributed by atoms with Gasteiger partial charge in [-0.2, -0.15) is 0 Å². The van der Waals surface area contributed by atoms with Crippen molar-refractivity contribution in [3.63, 3.8) is 0 Å². The molecular weight excluding hydrogens is 223 g/mol. The fourth-order valence-corrected chi connectivity index (χ4v) is 1.25. The van der Waals surface area contributed by atoms with Crippen molar-refractivity contribution in [2.75, 3.05) is 17.7 Å². The molecule has 94 valence electrons. The van der Waals surface area contributed by atoms with E-state index in [2.05, 4.69) is 5.32 Å². The topological polar surface area (TPSA) is 64.3 Å². The number of rotatable bonds is 5. The highest BCUT2D eigenvalue weighted by molar-refractivity contribution is 5.96. The van der Waals surface area contributed by atoms with Crippen molar-refractivity contribution in [2.45, 2.75) is 26.4 Å². The van der Waals surface area contributed by atoms with Crippen LogP contribution in [0.15, 0.2) is 18.2 Å². The Hall–Kier alpha value is -1.62. The Balaban J connectivity index is 2.61. The maximum absolute atomic E-state index is 12.8. The molecule has 0 radical (unpaired) electrons. The van der Waals surface area contributed by atoms with Crippen LogP contribution in [0.1, 0.15) is 20.3 Å². The molecule has 4 nitrogen and oxygen atoms in total. The lowest BCUT2D eigenvalue weighted by Gasteiger charge is -2.13. The van der Waals surface area contributed by atoms with Gasteiger partial charge in [0.05, 0.1) is 11.4 Å². The number of anilines is 2. The van der Waals surface area contributed by atoms with E-state index in [0.29, 0.717) is 12.3 Å². The minimum Gasteiger partial charge on any atom is -0.397 e. The number of halogens is 1. The molecule has 0 spiro atoms. The molecule has 0 saturated carbocycles. The molecule has 0 aliphatic heterocycles. The number of hydrogen-bond acceptors (Lipinski definition) is 3. The van der Waals surface area contributed by atoms with Gasteiger partial charge in [-0.05, 0) is 31.5 Å². The SMILES string of the molecule is CCCOC(C)C(=O)Nc1ccc(F)cc1N. The Morgan fingerprint density at radius 2 is 2.29 bits per heavy atom. The molecule has 0 aromatic heterocycles. The third kappa shape index (κ3) is 4.03. The van der Waals surface area contributed by atoms with E-state index in [9.17, 15) is 9.18 Å². The van der Waals surface area contributed by atoms with Crippen LogP contribution in [0.3, 0.4) is 0 Å². The van der Waals surface area contributed by atoms with Gasteiger partial charge in [0.15, 0.2) is 0 Å². The van der Waals surface area contributed by atoms with Crippen molar-refractivity contribution in [3.8, 4) is 0 Å². The van der Waals surface area contributed by atoms with E-state index in [1.807, 2.05) is 6.92 Å². The van der Waals surface area contributed by atoms with Gasteiger partial charge in [0, 0.05) is 6.61 Å². The number of carbonyl (C=O) groups is 1. The van der Waals surface area contributed by atoms with Crippen LogP contribution in [0.4, 0.5) is 15.8 Å². The van der Waals surface area contributed by atoms with Crippen LogP contribution in [-0.2, 0) is 9.53 Å². The summed E-state index contributed by atoms with van der Waals surface area (Å²) in [6.45, 7) is 4.14. The van der Waals surface area contributed by atoms with E-state index in [0.717, 1.165) is 12.5 Å². The first-order chi connectivity index (χ1) is 8.04. The molecule has 0 fully saturated rings. The summed E-state index contributed by atoms with van der Waals surface area (Å²) in [6.07, 6.45) is 0.287. The number of amides is 1. The summed E-state index contributed by atoms with van der Waals surface area (Å²) in [6, 6.07) is 3.83. The molecule has 5 heteroatoms. The van der Waals surface area contributed by atoms with Crippen molar-refractivity contribution in [1.29, 1.82) is 0 Å². The van der Waals surface area contributed by atoms with Gasteiger partial charge in [0.1, 0.15) is 11.9 Å². The number of carbonyl (C=O) groups excluding carboxylic acids is 1. The van der Waals surface area contributed by atoms with E-state index in [4.69, 9.17) is 10.5 Å². The van der Waals surface area contributed by atoms with E-state index in [1.165, 1.54) is 12.1 Å². The second kappa shape index (κ2) is 6.20. The average Bonchev–Trinajstić information content (AvgIpc) is 2.29. The van der Waals surface area contributed by atoms with Gasteiger partial charge in [0.2, 0.25) is 0 Å². The molecular formula is C12H17FN2O2. The van der Waals surface area contributed by atoms with Crippen LogP contribution in [0.5, 0.6) is 0 Å². The van der Waals surface area contributed by atoms with Gasteiger partial charge in [-0.15, -0.1) is 0 Å². The highest BCUT2D eigenvalue weighted by Crippen LogP contribution is 2.19. The zero-order valence-corrected chi connectivity index (χ0v) is 10.00. The first-order valence-corrected chi connectivity index (χ1v) is 5.52. The van der Waals surface area contributed by atoms with Crippen molar-refractivity contribution < 1.29 is 13.9 Å². The summed E-state index contributed by atoms with van der Waals surface area (Å²) >= 11 is 0. The number of nitrogens with two attached hydrogens (primary N) is 1. The summed E-state index contributed by atoms with van der Waals surface area (Å²) in [5, 5.41) is 2.59. The largest absolute Gasteiger partial charge is 0.397 e. The van der Waals surface area contributed by atoms with Crippen molar-refractivity contribution in [2.24, 2.45) is 0 Å². The van der Waals surface area contributed by atoms with E-state index in [1.54, 1.807) is 6.92 Å². The summed E-state index contributed by atoms with van der Waals surface area (Å²) in [7, 11) is 0. The Kier molecular flexibility index (Phi) is 4.90. The number of hydrogen-bond donors (Lipinski definition) is 2. The lowest BCUT2D eigenvalue weighted by Crippen LogP contribution is -2.28. The van der Waals surface area contributed by atoms with Crippen LogP contribution in [0, 0.1) is 5.82 Å². The third-order valence-corrected chi connectivity index (χ3v) is 2.21. The van der Waals surface area contributed by atoms with Crippen LogP contribution < -0.4 is 11.1 Å². The molecule has 3 N–H and O–H groups in total. The average molecular weight is 240 g/mol. The monoisotopic (exact) mass is 240 g/mol. The minimum atomic E-state index is -0.556. The molecule has 1 aromatic rings. The molecule has 0 saturated heterocycles. The Bertz CT molecular complexity index is 396. The van der Waals surface area contributed by atoms with Crippen LogP contribution in [0.25, 0.3) is 0 Å². The maximum Gasteiger partial charge on any atom is 0.253 e. The van der Waals surface area contributed by atoms with Gasteiger partial charge in [-0.25, -0.2) is 4.39 Å². The molecule has 17 heavy (non-hydrogen) atoms. The van der Waals surface area contributed by atoms with Crippen molar-refractivity contribution >= 4 is 17.3 Å². The van der Waals surface area contributed by atoms with Crippen molar-refractivity contribution in [1.82, 2.24) is 0 Å². The van der Waals surface area contributed by atoms with Crippen LogP contribution >= 0.6 is 0 Å². The van der Waals surface area contributed by atoms with E-state index < -0.39 is 11.9 Å². The van der Waals surface area contributed by atoms with Gasteiger partial charge in [0.25, 0.3) is 5.91 Å². The predicted molar refractivity (Wildman–Crippen MR) is 65.1 cm³/mol. The van der Waals surface area contributed by atoms with Gasteiger partial charge in [-0.1, -0.05) is 6.92 Å². The lowest BCUT2D eigenvalue weighted by molar-refractivity contribution is -0.126. The molecule has 1 rings (SSSR count).